The van der Waals surface area contributed by atoms with Crippen LogP contribution in [0, 0.1) is 5.92 Å². The van der Waals surface area contributed by atoms with Gasteiger partial charge in [0.2, 0.25) is 5.95 Å². The van der Waals surface area contributed by atoms with Crippen LogP contribution in [0.25, 0.3) is 22.3 Å². The van der Waals surface area contributed by atoms with Gasteiger partial charge in [-0.25, -0.2) is 0 Å². The fourth-order valence-corrected chi connectivity index (χ4v) is 4.20. The minimum Gasteiger partial charge on any atom is -0.372 e. The largest absolute Gasteiger partial charge is 0.372 e. The van der Waals surface area contributed by atoms with E-state index in [1.165, 1.54) is 12.8 Å². The van der Waals surface area contributed by atoms with E-state index in [2.05, 4.69) is 69.7 Å². The van der Waals surface area contributed by atoms with E-state index in [0.717, 1.165) is 47.2 Å². The monoisotopic (exact) mass is 377 g/mol. The van der Waals surface area contributed by atoms with E-state index >= 15 is 0 Å². The minimum atomic E-state index is 0.164. The lowest BCUT2D eigenvalue weighted by Crippen LogP contribution is -2.52. The van der Waals surface area contributed by atoms with Gasteiger partial charge in [-0.1, -0.05) is 18.2 Å². The first kappa shape index (κ1) is 17.6. The van der Waals surface area contributed by atoms with E-state index in [1.54, 1.807) is 0 Å². The molecule has 2 fully saturated rings. The Morgan fingerprint density at radius 1 is 1.07 bits per heavy atom. The number of para-hydroxylation sites is 1. The molecule has 0 spiro atoms. The summed E-state index contributed by atoms with van der Waals surface area (Å²) in [6.45, 7) is 8.29. The number of hydrogen-bond donors (Lipinski definition) is 0. The number of anilines is 1. The molecule has 0 bridgehead atoms. The number of rotatable bonds is 4. The predicted molar refractivity (Wildman–Crippen MR) is 110 cm³/mol. The zero-order valence-electron chi connectivity index (χ0n) is 16.7. The van der Waals surface area contributed by atoms with E-state index in [4.69, 9.17) is 4.74 Å². The highest BCUT2D eigenvalue weighted by atomic mass is 16.5. The van der Waals surface area contributed by atoms with Crippen molar-refractivity contribution in [3.05, 3.63) is 36.5 Å². The zero-order valence-corrected chi connectivity index (χ0v) is 16.7. The Hall–Kier alpha value is -2.47. The summed E-state index contributed by atoms with van der Waals surface area (Å²) in [5.41, 5.74) is 2.04. The fraction of sp³-hybridized carbons (Fsp3) is 0.500. The second-order valence-electron chi connectivity index (χ2n) is 8.30. The minimum absolute atomic E-state index is 0.164. The van der Waals surface area contributed by atoms with Crippen molar-refractivity contribution in [1.29, 1.82) is 0 Å². The molecule has 1 aromatic carbocycles. The van der Waals surface area contributed by atoms with Gasteiger partial charge in [0.25, 0.3) is 0 Å². The summed E-state index contributed by atoms with van der Waals surface area (Å²) < 4.78 is 8.35. The van der Waals surface area contributed by atoms with E-state index in [9.17, 15) is 0 Å². The first-order chi connectivity index (χ1) is 13.6. The molecule has 1 aliphatic carbocycles. The van der Waals surface area contributed by atoms with Gasteiger partial charge in [-0.3, -0.25) is 9.55 Å². The summed E-state index contributed by atoms with van der Waals surface area (Å²) in [7, 11) is 0. The number of nitrogens with zero attached hydrogens (tertiary/aromatic N) is 5. The molecule has 28 heavy (non-hydrogen) atoms. The first-order valence-electron chi connectivity index (χ1n) is 10.3. The lowest BCUT2D eigenvalue weighted by atomic mass is 10.1. The molecule has 3 atom stereocenters. The number of aromatic nitrogens is 4. The Kier molecular flexibility index (Phi) is 4.31. The van der Waals surface area contributed by atoms with Gasteiger partial charge in [0.1, 0.15) is 0 Å². The summed E-state index contributed by atoms with van der Waals surface area (Å²) in [5.74, 6) is 2.61. The lowest BCUT2D eigenvalue weighted by Gasteiger charge is -2.41. The molecule has 5 rings (SSSR count). The highest BCUT2D eigenvalue weighted by Gasteiger charge is 2.34. The van der Waals surface area contributed by atoms with Gasteiger partial charge in [-0.05, 0) is 51.7 Å². The van der Waals surface area contributed by atoms with E-state index < -0.39 is 0 Å². The molecule has 2 aliphatic rings. The first-order valence-corrected chi connectivity index (χ1v) is 10.3. The molecule has 1 saturated heterocycles. The highest BCUT2D eigenvalue weighted by molar-refractivity contribution is 5.91. The van der Waals surface area contributed by atoms with Crippen LogP contribution in [-0.2, 0) is 11.3 Å². The number of hydrogen-bond acceptors (Lipinski definition) is 5. The number of morpholine rings is 1. The number of fused-ring (bicyclic) bond motifs is 1. The lowest BCUT2D eigenvalue weighted by molar-refractivity contribution is -0.0266. The second-order valence-corrected chi connectivity index (χ2v) is 8.30. The summed E-state index contributed by atoms with van der Waals surface area (Å²) in [6, 6.07) is 10.6. The van der Waals surface area contributed by atoms with Crippen LogP contribution in [0.15, 0.2) is 36.5 Å². The Morgan fingerprint density at radius 3 is 2.71 bits per heavy atom. The van der Waals surface area contributed by atoms with Crippen molar-refractivity contribution in [3.8, 4) is 11.4 Å². The summed E-state index contributed by atoms with van der Waals surface area (Å²) in [6.07, 6.45) is 4.77. The van der Waals surface area contributed by atoms with Crippen LogP contribution < -0.4 is 4.90 Å². The summed E-state index contributed by atoms with van der Waals surface area (Å²) in [5, 5.41) is 10.5. The third-order valence-electron chi connectivity index (χ3n) is 6.07. The quantitative estimate of drug-likeness (QED) is 0.690. The van der Waals surface area contributed by atoms with E-state index in [0.29, 0.717) is 0 Å². The van der Waals surface area contributed by atoms with Gasteiger partial charge in [0, 0.05) is 30.2 Å². The molecule has 0 N–H and O–H groups in total. The van der Waals surface area contributed by atoms with Crippen molar-refractivity contribution < 1.29 is 4.74 Å². The third kappa shape index (κ3) is 3.05. The smallest absolute Gasteiger partial charge is 0.227 e. The van der Waals surface area contributed by atoms with Crippen molar-refractivity contribution in [3.63, 3.8) is 0 Å². The van der Waals surface area contributed by atoms with Gasteiger partial charge < -0.3 is 9.64 Å². The summed E-state index contributed by atoms with van der Waals surface area (Å²) >= 11 is 0. The van der Waals surface area contributed by atoms with Gasteiger partial charge >= 0.3 is 0 Å². The second kappa shape index (κ2) is 6.85. The fourth-order valence-electron chi connectivity index (χ4n) is 4.20. The molecule has 0 amide bonds. The van der Waals surface area contributed by atoms with Crippen LogP contribution >= 0.6 is 0 Å². The van der Waals surface area contributed by atoms with Crippen LogP contribution in [0.5, 0.6) is 0 Å². The molecule has 1 saturated carbocycles. The van der Waals surface area contributed by atoms with Crippen LogP contribution in [-0.4, -0.2) is 44.5 Å². The molecule has 0 radical (unpaired) electrons. The van der Waals surface area contributed by atoms with E-state index in [-0.39, 0.29) is 18.2 Å². The maximum absolute atomic E-state index is 6.02. The molecule has 146 valence electrons. The van der Waals surface area contributed by atoms with Crippen LogP contribution in [0.1, 0.15) is 33.6 Å². The van der Waals surface area contributed by atoms with Crippen molar-refractivity contribution >= 4 is 16.9 Å². The Bertz CT molecular complexity index is 990. The predicted octanol–water partition coefficient (Wildman–Crippen LogP) is 3.91. The van der Waals surface area contributed by atoms with Gasteiger partial charge in [0.05, 0.1) is 23.8 Å². The van der Waals surface area contributed by atoms with Crippen molar-refractivity contribution in [2.24, 2.45) is 5.92 Å². The standard InChI is InChI=1S/C22H27N5O/c1-14-12-26(15(2)16(3)28-14)22-25-24-21(27(22)13-17-9-10-17)19-8-4-6-18-7-5-11-23-20(18)19/h4-8,11,14-17H,9-10,12-13H2,1-3H3. The van der Waals surface area contributed by atoms with Crippen molar-refractivity contribution in [1.82, 2.24) is 19.7 Å². The maximum Gasteiger partial charge on any atom is 0.227 e. The van der Waals surface area contributed by atoms with Crippen LogP contribution in [0.4, 0.5) is 5.95 Å². The third-order valence-corrected chi connectivity index (χ3v) is 6.07. The average molecular weight is 377 g/mol. The Morgan fingerprint density at radius 2 is 1.89 bits per heavy atom. The number of benzene rings is 1. The topological polar surface area (TPSA) is 56.1 Å². The molecule has 2 aromatic heterocycles. The summed E-state index contributed by atoms with van der Waals surface area (Å²) in [4.78, 5) is 7.01. The SMILES string of the molecule is CC1CN(c2nnc(-c3cccc4cccnc34)n2CC2CC2)C(C)C(C)O1. The number of ether oxygens (including phenoxy) is 1. The molecule has 3 unspecified atom stereocenters. The highest BCUT2D eigenvalue weighted by Crippen LogP contribution is 2.36. The Labute approximate surface area is 165 Å². The number of pyridine rings is 1. The van der Waals surface area contributed by atoms with Crippen LogP contribution in [0.3, 0.4) is 0 Å². The van der Waals surface area contributed by atoms with Gasteiger partial charge in [-0.2, -0.15) is 0 Å². The molecule has 3 aromatic rings. The van der Waals surface area contributed by atoms with Gasteiger partial charge in [0.15, 0.2) is 5.82 Å². The Balaban J connectivity index is 1.63. The zero-order chi connectivity index (χ0) is 19.3. The normalized spacial score (nSPS) is 25.4. The van der Waals surface area contributed by atoms with E-state index in [1.807, 2.05) is 12.3 Å². The molecular formula is C22H27N5O. The molecule has 3 heterocycles. The molecule has 6 heteroatoms. The van der Waals surface area contributed by atoms with Crippen molar-refractivity contribution in [2.45, 2.75) is 58.4 Å². The van der Waals surface area contributed by atoms with Gasteiger partial charge in [-0.15, -0.1) is 10.2 Å². The molecule has 1 aliphatic heterocycles. The molecule has 6 nitrogen and oxygen atoms in total. The van der Waals surface area contributed by atoms with Crippen molar-refractivity contribution in [2.75, 3.05) is 11.4 Å². The average Bonchev–Trinajstić information content (AvgIpc) is 3.42. The molecular weight excluding hydrogens is 350 g/mol. The van der Waals surface area contributed by atoms with Crippen LogP contribution in [0.2, 0.25) is 0 Å². The maximum atomic E-state index is 6.02.